The normalized spacial score (nSPS) is 10.7. The third kappa shape index (κ3) is 2.14. The summed E-state index contributed by atoms with van der Waals surface area (Å²) >= 11 is 9.11. The maximum absolute atomic E-state index is 5.90. The molecule has 18 heavy (non-hydrogen) atoms. The number of thiophene rings is 1. The summed E-state index contributed by atoms with van der Waals surface area (Å²) in [7, 11) is 0. The van der Waals surface area contributed by atoms with E-state index in [2.05, 4.69) is 16.4 Å². The van der Waals surface area contributed by atoms with Gasteiger partial charge in [0.1, 0.15) is 0 Å². The van der Waals surface area contributed by atoms with Gasteiger partial charge in [0.15, 0.2) is 5.13 Å². The van der Waals surface area contributed by atoms with Gasteiger partial charge < -0.3 is 5.73 Å². The lowest BCUT2D eigenvalue weighted by atomic mass is 10.1. The largest absolute Gasteiger partial charge is 0.375 e. The van der Waals surface area contributed by atoms with E-state index in [1.54, 1.807) is 11.3 Å². The van der Waals surface area contributed by atoms with Crippen LogP contribution in [0.2, 0.25) is 5.02 Å². The van der Waals surface area contributed by atoms with E-state index in [9.17, 15) is 0 Å². The molecule has 0 radical (unpaired) electrons. The summed E-state index contributed by atoms with van der Waals surface area (Å²) < 4.78 is 0. The SMILES string of the molecule is Nc1nc(-c2ccc(Cl)cc2)c(-c2cccs2)s1. The van der Waals surface area contributed by atoms with Crippen LogP contribution in [0.4, 0.5) is 5.13 Å². The Morgan fingerprint density at radius 1 is 1.11 bits per heavy atom. The number of hydrogen-bond acceptors (Lipinski definition) is 4. The molecule has 3 rings (SSSR count). The Kier molecular flexibility index (Phi) is 3.07. The zero-order valence-corrected chi connectivity index (χ0v) is 11.6. The van der Waals surface area contributed by atoms with Gasteiger partial charge in [0.05, 0.1) is 10.6 Å². The number of benzene rings is 1. The second-order valence-electron chi connectivity index (χ2n) is 3.71. The number of rotatable bonds is 2. The summed E-state index contributed by atoms with van der Waals surface area (Å²) in [6, 6.07) is 11.8. The minimum atomic E-state index is 0.586. The van der Waals surface area contributed by atoms with Crippen LogP contribution in [0.1, 0.15) is 0 Å². The highest BCUT2D eigenvalue weighted by Crippen LogP contribution is 2.40. The maximum Gasteiger partial charge on any atom is 0.181 e. The molecule has 0 spiro atoms. The van der Waals surface area contributed by atoms with E-state index in [4.69, 9.17) is 17.3 Å². The molecule has 5 heteroatoms. The van der Waals surface area contributed by atoms with Gasteiger partial charge in [-0.05, 0) is 23.6 Å². The summed E-state index contributed by atoms with van der Waals surface area (Å²) in [5.74, 6) is 0. The fourth-order valence-corrected chi connectivity index (χ4v) is 3.55. The van der Waals surface area contributed by atoms with Crippen LogP contribution in [0.5, 0.6) is 0 Å². The molecule has 0 unspecified atom stereocenters. The minimum Gasteiger partial charge on any atom is -0.375 e. The number of nitrogens with zero attached hydrogens (tertiary/aromatic N) is 1. The third-order valence-electron chi connectivity index (χ3n) is 2.51. The van der Waals surface area contributed by atoms with Gasteiger partial charge >= 0.3 is 0 Å². The first-order valence-electron chi connectivity index (χ1n) is 5.30. The van der Waals surface area contributed by atoms with Gasteiger partial charge in [-0.25, -0.2) is 4.98 Å². The van der Waals surface area contributed by atoms with Crippen LogP contribution in [0, 0.1) is 0 Å². The second-order valence-corrected chi connectivity index (χ2v) is 6.13. The molecule has 0 amide bonds. The van der Waals surface area contributed by atoms with Gasteiger partial charge in [-0.3, -0.25) is 0 Å². The molecule has 2 N–H and O–H groups in total. The zero-order valence-electron chi connectivity index (χ0n) is 9.26. The Morgan fingerprint density at radius 3 is 2.56 bits per heavy atom. The quantitative estimate of drug-likeness (QED) is 0.738. The number of hydrogen-bond donors (Lipinski definition) is 1. The highest BCUT2D eigenvalue weighted by atomic mass is 35.5. The highest BCUT2D eigenvalue weighted by molar-refractivity contribution is 7.23. The fourth-order valence-electron chi connectivity index (χ4n) is 1.71. The first-order chi connectivity index (χ1) is 8.74. The standard InChI is InChI=1S/C13H9ClN2S2/c14-9-5-3-8(4-6-9)11-12(18-13(15)16-11)10-2-1-7-17-10/h1-7H,(H2,15,16). The van der Waals surface area contributed by atoms with E-state index >= 15 is 0 Å². The van der Waals surface area contributed by atoms with Gasteiger partial charge in [-0.1, -0.05) is 41.1 Å². The van der Waals surface area contributed by atoms with Crippen LogP contribution in [-0.2, 0) is 0 Å². The molecule has 2 heterocycles. The topological polar surface area (TPSA) is 38.9 Å². The van der Waals surface area contributed by atoms with Crippen molar-refractivity contribution in [3.63, 3.8) is 0 Å². The minimum absolute atomic E-state index is 0.586. The van der Waals surface area contributed by atoms with Gasteiger partial charge in [-0.2, -0.15) is 0 Å². The summed E-state index contributed by atoms with van der Waals surface area (Å²) in [6.07, 6.45) is 0. The molecule has 2 aromatic heterocycles. The van der Waals surface area contributed by atoms with Gasteiger partial charge in [-0.15, -0.1) is 11.3 Å². The molecule has 1 aromatic carbocycles. The smallest absolute Gasteiger partial charge is 0.181 e. The molecular weight excluding hydrogens is 284 g/mol. The average Bonchev–Trinajstić information content (AvgIpc) is 2.98. The number of anilines is 1. The van der Waals surface area contributed by atoms with Gasteiger partial charge in [0.25, 0.3) is 0 Å². The Morgan fingerprint density at radius 2 is 1.89 bits per heavy atom. The molecule has 0 saturated carbocycles. The molecule has 90 valence electrons. The van der Waals surface area contributed by atoms with E-state index in [1.807, 2.05) is 30.3 Å². The van der Waals surface area contributed by atoms with Gasteiger partial charge in [0.2, 0.25) is 0 Å². The lowest BCUT2D eigenvalue weighted by molar-refractivity contribution is 1.41. The van der Waals surface area contributed by atoms with Crippen LogP contribution >= 0.6 is 34.3 Å². The number of thiazole rings is 1. The van der Waals surface area contributed by atoms with Crippen molar-refractivity contribution in [2.75, 3.05) is 5.73 Å². The number of nitrogen functional groups attached to an aromatic ring is 1. The Bertz CT molecular complexity index is 657. The van der Waals surface area contributed by atoms with Crippen molar-refractivity contribution < 1.29 is 0 Å². The molecule has 0 aliphatic rings. The van der Waals surface area contributed by atoms with Crippen LogP contribution in [0.25, 0.3) is 21.0 Å². The molecule has 0 aliphatic heterocycles. The van der Waals surface area contributed by atoms with Crippen LogP contribution < -0.4 is 5.73 Å². The summed E-state index contributed by atoms with van der Waals surface area (Å²) in [6.45, 7) is 0. The number of nitrogens with two attached hydrogens (primary N) is 1. The molecule has 0 saturated heterocycles. The molecule has 0 atom stereocenters. The molecule has 0 bridgehead atoms. The monoisotopic (exact) mass is 292 g/mol. The Balaban J connectivity index is 2.15. The van der Waals surface area contributed by atoms with E-state index in [0.29, 0.717) is 5.13 Å². The molecular formula is C13H9ClN2S2. The van der Waals surface area contributed by atoms with E-state index in [0.717, 1.165) is 21.2 Å². The first kappa shape index (κ1) is 11.7. The Labute approximate surface area is 118 Å². The second kappa shape index (κ2) is 4.72. The van der Waals surface area contributed by atoms with Crippen molar-refractivity contribution in [1.82, 2.24) is 4.98 Å². The zero-order chi connectivity index (χ0) is 12.5. The fraction of sp³-hybridized carbons (Fsp3) is 0. The molecule has 0 fully saturated rings. The predicted molar refractivity (Wildman–Crippen MR) is 80.3 cm³/mol. The highest BCUT2D eigenvalue weighted by Gasteiger charge is 2.14. The molecule has 2 nitrogen and oxygen atoms in total. The van der Waals surface area contributed by atoms with Crippen LogP contribution in [0.3, 0.4) is 0 Å². The van der Waals surface area contributed by atoms with Crippen LogP contribution in [-0.4, -0.2) is 4.98 Å². The summed E-state index contributed by atoms with van der Waals surface area (Å²) in [5, 5.41) is 3.36. The van der Waals surface area contributed by atoms with Crippen molar-refractivity contribution in [1.29, 1.82) is 0 Å². The van der Waals surface area contributed by atoms with Gasteiger partial charge in [0, 0.05) is 15.5 Å². The third-order valence-corrected chi connectivity index (χ3v) is 4.69. The van der Waals surface area contributed by atoms with Crippen molar-refractivity contribution >= 4 is 39.4 Å². The summed E-state index contributed by atoms with van der Waals surface area (Å²) in [5.41, 5.74) is 7.80. The van der Waals surface area contributed by atoms with E-state index < -0.39 is 0 Å². The molecule has 3 aromatic rings. The van der Waals surface area contributed by atoms with Crippen molar-refractivity contribution in [2.24, 2.45) is 0 Å². The Hall–Kier alpha value is -1.36. The average molecular weight is 293 g/mol. The van der Waals surface area contributed by atoms with Crippen molar-refractivity contribution in [3.05, 3.63) is 46.8 Å². The number of aromatic nitrogens is 1. The van der Waals surface area contributed by atoms with E-state index in [-0.39, 0.29) is 0 Å². The van der Waals surface area contributed by atoms with Crippen molar-refractivity contribution in [2.45, 2.75) is 0 Å². The summed E-state index contributed by atoms with van der Waals surface area (Å²) in [4.78, 5) is 6.73. The lowest BCUT2D eigenvalue weighted by Crippen LogP contribution is -1.83. The predicted octanol–water partition coefficient (Wildman–Crippen LogP) is 4.77. The lowest BCUT2D eigenvalue weighted by Gasteiger charge is -2.00. The first-order valence-corrected chi connectivity index (χ1v) is 7.37. The van der Waals surface area contributed by atoms with Crippen molar-refractivity contribution in [3.8, 4) is 21.0 Å². The van der Waals surface area contributed by atoms with E-state index in [1.165, 1.54) is 16.2 Å². The maximum atomic E-state index is 5.90. The van der Waals surface area contributed by atoms with Crippen LogP contribution in [0.15, 0.2) is 41.8 Å². The number of halogens is 1. The molecule has 0 aliphatic carbocycles.